The van der Waals surface area contributed by atoms with Crippen LogP contribution < -0.4 is 0 Å². The van der Waals surface area contributed by atoms with Crippen molar-refractivity contribution in [2.45, 2.75) is 0 Å². The summed E-state index contributed by atoms with van der Waals surface area (Å²) in [6.07, 6.45) is 0. The second-order valence-corrected chi connectivity index (χ2v) is 11.7. The lowest BCUT2D eigenvalue weighted by Gasteiger charge is -2.14. The molecule has 10 aromatic rings. The SMILES string of the molecule is c1ccc(-c2ccc(-n3c4ccc(-c5ccc6ccc7cccc8ccc5c6c78)cc4c4oc5ccccc5c43)cc2)cc1. The summed E-state index contributed by atoms with van der Waals surface area (Å²) >= 11 is 0. The number of benzene rings is 8. The van der Waals surface area contributed by atoms with E-state index in [1.165, 1.54) is 54.6 Å². The molecule has 2 heteroatoms. The largest absolute Gasteiger partial charge is 0.454 e. The summed E-state index contributed by atoms with van der Waals surface area (Å²) < 4.78 is 8.97. The van der Waals surface area contributed by atoms with Crippen molar-refractivity contribution in [3.63, 3.8) is 0 Å². The Hall–Kier alpha value is -5.86. The van der Waals surface area contributed by atoms with Crippen molar-refractivity contribution in [2.75, 3.05) is 0 Å². The maximum atomic E-state index is 6.61. The fourth-order valence-electron chi connectivity index (χ4n) is 7.33. The quantitative estimate of drug-likeness (QED) is 0.197. The van der Waals surface area contributed by atoms with Gasteiger partial charge in [-0.05, 0) is 91.0 Å². The molecule has 10 rings (SSSR count). The van der Waals surface area contributed by atoms with Crippen LogP contribution in [0.3, 0.4) is 0 Å². The molecular weight excluding hydrogens is 534 g/mol. The molecule has 0 fully saturated rings. The van der Waals surface area contributed by atoms with Crippen molar-refractivity contribution < 1.29 is 4.42 Å². The van der Waals surface area contributed by atoms with Gasteiger partial charge in [0.2, 0.25) is 0 Å². The van der Waals surface area contributed by atoms with Crippen molar-refractivity contribution in [3.05, 3.63) is 152 Å². The maximum absolute atomic E-state index is 6.61. The molecule has 0 amide bonds. The van der Waals surface area contributed by atoms with Gasteiger partial charge in [-0.3, -0.25) is 0 Å². The molecule has 2 nitrogen and oxygen atoms in total. The minimum absolute atomic E-state index is 0.905. The molecule has 0 unspecified atom stereocenters. The Kier molecular flexibility index (Phi) is 4.75. The van der Waals surface area contributed by atoms with Gasteiger partial charge in [0.15, 0.2) is 5.58 Å². The normalized spacial score (nSPS) is 12.1. The molecule has 0 bridgehead atoms. The fraction of sp³-hybridized carbons (Fsp3) is 0. The second kappa shape index (κ2) is 8.82. The number of hydrogen-bond donors (Lipinski definition) is 0. The number of fused-ring (bicyclic) bond motifs is 5. The molecular formula is C42H25NO. The molecule has 0 spiro atoms. The number of nitrogens with zero attached hydrogens (tertiary/aromatic N) is 1. The van der Waals surface area contributed by atoms with E-state index in [1.807, 2.05) is 6.07 Å². The average Bonchev–Trinajstić information content (AvgIpc) is 3.62. The highest BCUT2D eigenvalue weighted by Crippen LogP contribution is 2.43. The Morgan fingerprint density at radius 1 is 0.432 bits per heavy atom. The minimum atomic E-state index is 0.905. The van der Waals surface area contributed by atoms with Crippen LogP contribution in [0.15, 0.2) is 156 Å². The van der Waals surface area contributed by atoms with Crippen LogP contribution in [0.4, 0.5) is 0 Å². The summed E-state index contributed by atoms with van der Waals surface area (Å²) in [7, 11) is 0. The predicted octanol–water partition coefficient (Wildman–Crippen LogP) is 11.8. The van der Waals surface area contributed by atoms with Crippen LogP contribution >= 0.6 is 0 Å². The molecule has 0 radical (unpaired) electrons. The summed E-state index contributed by atoms with van der Waals surface area (Å²) in [6, 6.07) is 54.8. The first-order chi connectivity index (χ1) is 21.8. The zero-order chi connectivity index (χ0) is 28.8. The lowest BCUT2D eigenvalue weighted by Crippen LogP contribution is -1.94. The molecule has 2 heterocycles. The Labute approximate surface area is 253 Å². The number of furan rings is 1. The lowest BCUT2D eigenvalue weighted by molar-refractivity contribution is 0.673. The molecule has 44 heavy (non-hydrogen) atoms. The highest BCUT2D eigenvalue weighted by Gasteiger charge is 2.21. The van der Waals surface area contributed by atoms with Crippen molar-refractivity contribution in [2.24, 2.45) is 0 Å². The molecule has 0 aliphatic heterocycles. The van der Waals surface area contributed by atoms with Crippen molar-refractivity contribution >= 4 is 65.3 Å². The van der Waals surface area contributed by atoms with Crippen molar-refractivity contribution in [1.29, 1.82) is 0 Å². The highest BCUT2D eigenvalue weighted by molar-refractivity contribution is 6.26. The van der Waals surface area contributed by atoms with Crippen LogP contribution in [0.2, 0.25) is 0 Å². The van der Waals surface area contributed by atoms with Gasteiger partial charge < -0.3 is 8.98 Å². The summed E-state index contributed by atoms with van der Waals surface area (Å²) in [4.78, 5) is 0. The first-order valence-electron chi connectivity index (χ1n) is 15.1. The molecule has 8 aromatic carbocycles. The third-order valence-electron chi connectivity index (χ3n) is 9.35. The van der Waals surface area contributed by atoms with Crippen LogP contribution in [-0.4, -0.2) is 4.57 Å². The Morgan fingerprint density at radius 2 is 1.11 bits per heavy atom. The highest BCUT2D eigenvalue weighted by atomic mass is 16.3. The van der Waals surface area contributed by atoms with Gasteiger partial charge in [0.25, 0.3) is 0 Å². The first kappa shape index (κ1) is 23.7. The molecule has 204 valence electrons. The van der Waals surface area contributed by atoms with Gasteiger partial charge in [-0.1, -0.05) is 115 Å². The van der Waals surface area contributed by atoms with E-state index < -0.39 is 0 Å². The predicted molar refractivity (Wildman–Crippen MR) is 185 cm³/mol. The van der Waals surface area contributed by atoms with Crippen LogP contribution in [0.5, 0.6) is 0 Å². The van der Waals surface area contributed by atoms with E-state index in [4.69, 9.17) is 4.42 Å². The molecule has 0 aliphatic carbocycles. The van der Waals surface area contributed by atoms with Gasteiger partial charge in [-0.2, -0.15) is 0 Å². The summed E-state index contributed by atoms with van der Waals surface area (Å²) in [5.41, 5.74) is 10.0. The Bertz CT molecular complexity index is 2680. The topological polar surface area (TPSA) is 18.1 Å². The summed E-state index contributed by atoms with van der Waals surface area (Å²) in [6.45, 7) is 0. The first-order valence-corrected chi connectivity index (χ1v) is 15.1. The number of hydrogen-bond acceptors (Lipinski definition) is 1. The van der Waals surface area contributed by atoms with E-state index in [0.29, 0.717) is 0 Å². The molecule has 0 saturated carbocycles. The zero-order valence-electron chi connectivity index (χ0n) is 23.8. The van der Waals surface area contributed by atoms with Crippen LogP contribution in [-0.2, 0) is 0 Å². The standard InChI is InChI=1S/C42H25NO/c1-2-7-26(8-3-1)27-15-20-32(21-16-27)43-37-24-19-31(25-36(37)42-41(43)35-11-4-5-12-38(35)44-42)33-22-17-30-14-13-28-9-6-10-29-18-23-34(33)40(30)39(28)29/h1-25H. The van der Waals surface area contributed by atoms with E-state index >= 15 is 0 Å². The van der Waals surface area contributed by atoms with Gasteiger partial charge in [-0.15, -0.1) is 0 Å². The third-order valence-corrected chi connectivity index (χ3v) is 9.35. The van der Waals surface area contributed by atoms with Crippen LogP contribution in [0, 0.1) is 0 Å². The number of para-hydroxylation sites is 1. The Morgan fingerprint density at radius 3 is 1.95 bits per heavy atom. The number of aromatic nitrogens is 1. The van der Waals surface area contributed by atoms with Crippen molar-refractivity contribution in [1.82, 2.24) is 4.57 Å². The van der Waals surface area contributed by atoms with Gasteiger partial charge in [0.05, 0.1) is 5.52 Å². The van der Waals surface area contributed by atoms with E-state index in [2.05, 4.69) is 150 Å². The summed E-state index contributed by atoms with van der Waals surface area (Å²) in [5, 5.41) is 10.0. The molecule has 0 N–H and O–H groups in total. The maximum Gasteiger partial charge on any atom is 0.161 e. The van der Waals surface area contributed by atoms with E-state index in [-0.39, 0.29) is 0 Å². The molecule has 2 aromatic heterocycles. The van der Waals surface area contributed by atoms with Crippen LogP contribution in [0.1, 0.15) is 0 Å². The number of rotatable bonds is 3. The average molecular weight is 560 g/mol. The van der Waals surface area contributed by atoms with Gasteiger partial charge >= 0.3 is 0 Å². The molecule has 0 saturated heterocycles. The van der Waals surface area contributed by atoms with Gasteiger partial charge in [0.1, 0.15) is 11.1 Å². The van der Waals surface area contributed by atoms with E-state index in [1.54, 1.807) is 0 Å². The Balaban J connectivity index is 1.23. The minimum Gasteiger partial charge on any atom is -0.454 e. The smallest absolute Gasteiger partial charge is 0.161 e. The fourth-order valence-corrected chi connectivity index (χ4v) is 7.33. The lowest BCUT2D eigenvalue weighted by atomic mass is 9.89. The zero-order valence-corrected chi connectivity index (χ0v) is 23.8. The van der Waals surface area contributed by atoms with E-state index in [0.717, 1.165) is 38.7 Å². The monoisotopic (exact) mass is 559 g/mol. The van der Waals surface area contributed by atoms with Gasteiger partial charge in [-0.25, -0.2) is 0 Å². The van der Waals surface area contributed by atoms with Crippen LogP contribution in [0.25, 0.3) is 93.2 Å². The second-order valence-electron chi connectivity index (χ2n) is 11.7. The van der Waals surface area contributed by atoms with Crippen molar-refractivity contribution in [3.8, 4) is 27.9 Å². The van der Waals surface area contributed by atoms with Gasteiger partial charge in [0, 0.05) is 16.5 Å². The molecule has 0 atom stereocenters. The molecule has 0 aliphatic rings. The van der Waals surface area contributed by atoms with E-state index in [9.17, 15) is 0 Å². The third kappa shape index (κ3) is 3.25. The summed E-state index contributed by atoms with van der Waals surface area (Å²) in [5.74, 6) is 0.